The molecule has 1 aliphatic heterocycles. The van der Waals surface area contributed by atoms with Crippen LogP contribution >= 0.6 is 0 Å². The van der Waals surface area contributed by atoms with Crippen LogP contribution in [-0.2, 0) is 0 Å². The van der Waals surface area contributed by atoms with Gasteiger partial charge in [0.1, 0.15) is 0 Å². The van der Waals surface area contributed by atoms with Crippen molar-refractivity contribution in [3.63, 3.8) is 0 Å². The maximum atomic E-state index is 5.50. The molecule has 0 atom stereocenters. The zero-order valence-electron chi connectivity index (χ0n) is 12.0. The first-order valence-corrected chi connectivity index (χ1v) is 6.98. The Labute approximate surface area is 118 Å². The van der Waals surface area contributed by atoms with Gasteiger partial charge in [-0.3, -0.25) is 4.90 Å². The number of nitrogen functional groups attached to an aromatic ring is 1. The van der Waals surface area contributed by atoms with Gasteiger partial charge in [0.25, 0.3) is 0 Å². The summed E-state index contributed by atoms with van der Waals surface area (Å²) < 4.78 is 1.95. The van der Waals surface area contributed by atoms with Gasteiger partial charge in [-0.25, -0.2) is 15.8 Å². The van der Waals surface area contributed by atoms with Gasteiger partial charge in [-0.15, -0.1) is 0 Å². The molecule has 0 unspecified atom stereocenters. The summed E-state index contributed by atoms with van der Waals surface area (Å²) in [5, 5.41) is 0. The molecular weight excluding hydrogens is 254 g/mol. The number of nitrogens with one attached hydrogen (secondary N) is 1. The molecule has 0 spiro atoms. The highest BCUT2D eigenvalue weighted by atomic mass is 15.3. The van der Waals surface area contributed by atoms with Crippen molar-refractivity contribution in [1.82, 2.24) is 19.3 Å². The van der Waals surface area contributed by atoms with Gasteiger partial charge < -0.3 is 14.7 Å². The molecule has 1 fully saturated rings. The van der Waals surface area contributed by atoms with E-state index in [1.54, 1.807) is 6.20 Å². The largest absolute Gasteiger partial charge is 0.351 e. The van der Waals surface area contributed by atoms with Crippen molar-refractivity contribution in [2.75, 3.05) is 36.5 Å². The zero-order valence-corrected chi connectivity index (χ0v) is 12.0. The Kier molecular flexibility index (Phi) is 3.45. The topological polar surface area (TPSA) is 74.7 Å². The average molecular weight is 275 g/mol. The molecule has 20 heavy (non-hydrogen) atoms. The molecule has 108 valence electrons. The van der Waals surface area contributed by atoms with Crippen molar-refractivity contribution in [2.24, 2.45) is 5.84 Å². The Hall–Kier alpha value is -1.86. The predicted octanol–water partition coefficient (Wildman–Crippen LogP) is 0.545. The minimum atomic E-state index is 0.591. The van der Waals surface area contributed by atoms with E-state index in [0.29, 0.717) is 11.9 Å². The number of fused-ring (bicyclic) bond motifs is 1. The molecule has 0 bridgehead atoms. The molecule has 2 aromatic heterocycles. The number of anilines is 2. The molecule has 1 aliphatic rings. The molecular formula is C13H21N7. The highest BCUT2D eigenvalue weighted by Crippen LogP contribution is 2.22. The van der Waals surface area contributed by atoms with Crippen LogP contribution in [0.2, 0.25) is 0 Å². The van der Waals surface area contributed by atoms with E-state index in [1.165, 1.54) is 0 Å². The lowest BCUT2D eigenvalue weighted by Gasteiger charge is -2.37. The van der Waals surface area contributed by atoms with Crippen LogP contribution in [0.15, 0.2) is 18.6 Å². The number of rotatable bonds is 3. The van der Waals surface area contributed by atoms with Gasteiger partial charge in [-0.05, 0) is 13.8 Å². The van der Waals surface area contributed by atoms with E-state index in [9.17, 15) is 0 Å². The molecule has 3 N–H and O–H groups in total. The fourth-order valence-corrected chi connectivity index (χ4v) is 2.65. The Morgan fingerprint density at radius 3 is 2.65 bits per heavy atom. The monoisotopic (exact) mass is 275 g/mol. The number of hydrogen-bond acceptors (Lipinski definition) is 6. The van der Waals surface area contributed by atoms with Crippen LogP contribution in [0.3, 0.4) is 0 Å². The maximum Gasteiger partial charge on any atom is 0.180 e. The first-order valence-electron chi connectivity index (χ1n) is 6.98. The van der Waals surface area contributed by atoms with Crippen LogP contribution in [-0.4, -0.2) is 51.5 Å². The van der Waals surface area contributed by atoms with Crippen LogP contribution < -0.4 is 16.2 Å². The number of hydrogen-bond donors (Lipinski definition) is 2. The lowest BCUT2D eigenvalue weighted by atomic mass is 10.2. The van der Waals surface area contributed by atoms with Crippen LogP contribution in [0.5, 0.6) is 0 Å². The Morgan fingerprint density at radius 2 is 2.00 bits per heavy atom. The van der Waals surface area contributed by atoms with Gasteiger partial charge in [0, 0.05) is 44.6 Å². The molecule has 7 nitrogen and oxygen atoms in total. The first kappa shape index (κ1) is 13.1. The molecule has 0 saturated carbocycles. The molecule has 1 saturated heterocycles. The number of aromatic nitrogens is 3. The van der Waals surface area contributed by atoms with Crippen LogP contribution in [0.25, 0.3) is 5.65 Å². The minimum Gasteiger partial charge on any atom is -0.351 e. The highest BCUT2D eigenvalue weighted by Gasteiger charge is 2.22. The van der Waals surface area contributed by atoms with Crippen LogP contribution in [0.4, 0.5) is 11.6 Å². The summed E-state index contributed by atoms with van der Waals surface area (Å²) in [6.07, 6.45) is 5.53. The molecule has 0 aliphatic carbocycles. The molecule has 0 radical (unpaired) electrons. The summed E-state index contributed by atoms with van der Waals surface area (Å²) >= 11 is 0. The van der Waals surface area contributed by atoms with Crippen molar-refractivity contribution in [3.8, 4) is 0 Å². The van der Waals surface area contributed by atoms with Crippen molar-refractivity contribution < 1.29 is 0 Å². The van der Waals surface area contributed by atoms with Gasteiger partial charge >= 0.3 is 0 Å². The molecule has 2 aromatic rings. The normalized spacial score (nSPS) is 17.1. The third-order valence-electron chi connectivity index (χ3n) is 3.85. The lowest BCUT2D eigenvalue weighted by molar-refractivity contribution is 0.209. The number of piperazine rings is 1. The van der Waals surface area contributed by atoms with E-state index in [1.807, 2.05) is 16.8 Å². The summed E-state index contributed by atoms with van der Waals surface area (Å²) in [5.74, 6) is 7.04. The Morgan fingerprint density at radius 1 is 1.25 bits per heavy atom. The molecule has 3 rings (SSSR count). The Balaban J connectivity index is 1.88. The second-order valence-corrected chi connectivity index (χ2v) is 5.37. The summed E-state index contributed by atoms with van der Waals surface area (Å²) in [4.78, 5) is 13.7. The fraction of sp³-hybridized carbons (Fsp3) is 0.538. The minimum absolute atomic E-state index is 0.591. The lowest BCUT2D eigenvalue weighted by Crippen LogP contribution is -2.49. The van der Waals surface area contributed by atoms with Crippen LogP contribution in [0.1, 0.15) is 13.8 Å². The molecule has 3 heterocycles. The predicted molar refractivity (Wildman–Crippen MR) is 79.7 cm³/mol. The average Bonchev–Trinajstić information content (AvgIpc) is 2.94. The zero-order chi connectivity index (χ0) is 14.1. The van der Waals surface area contributed by atoms with E-state index >= 15 is 0 Å². The van der Waals surface area contributed by atoms with Gasteiger partial charge in [0.15, 0.2) is 17.3 Å². The van der Waals surface area contributed by atoms with Gasteiger partial charge in [-0.1, -0.05) is 0 Å². The number of nitrogens with two attached hydrogens (primary N) is 1. The third kappa shape index (κ3) is 2.30. The molecule has 0 amide bonds. The van der Waals surface area contributed by atoms with Crippen molar-refractivity contribution in [3.05, 3.63) is 18.6 Å². The van der Waals surface area contributed by atoms with E-state index in [0.717, 1.165) is 37.6 Å². The van der Waals surface area contributed by atoms with Crippen LogP contribution in [0, 0.1) is 0 Å². The summed E-state index contributed by atoms with van der Waals surface area (Å²) in [6.45, 7) is 8.49. The third-order valence-corrected chi connectivity index (χ3v) is 3.85. The standard InChI is InChI=1S/C13H21N7/c1-10(2)18-5-7-19(8-6-18)13-12-15-3-4-20(12)9-11(16-13)17-14/h3-4,9-10,17H,5-8,14H2,1-2H3. The summed E-state index contributed by atoms with van der Waals surface area (Å²) in [6, 6.07) is 0.591. The molecule has 7 heteroatoms. The van der Waals surface area contributed by atoms with Crippen molar-refractivity contribution >= 4 is 17.3 Å². The smallest absolute Gasteiger partial charge is 0.180 e. The maximum absolute atomic E-state index is 5.50. The van der Waals surface area contributed by atoms with E-state index in [2.05, 4.69) is 39.0 Å². The summed E-state index contributed by atoms with van der Waals surface area (Å²) in [5.41, 5.74) is 3.50. The number of imidazole rings is 1. The van der Waals surface area contributed by atoms with E-state index in [4.69, 9.17) is 5.84 Å². The molecule has 0 aromatic carbocycles. The van der Waals surface area contributed by atoms with Crippen molar-refractivity contribution in [1.29, 1.82) is 0 Å². The fourth-order valence-electron chi connectivity index (χ4n) is 2.65. The quantitative estimate of drug-likeness (QED) is 0.629. The van der Waals surface area contributed by atoms with E-state index in [-0.39, 0.29) is 0 Å². The Bertz CT molecular complexity index is 583. The van der Waals surface area contributed by atoms with Gasteiger partial charge in [0.2, 0.25) is 0 Å². The second kappa shape index (κ2) is 5.26. The first-order chi connectivity index (χ1) is 9.69. The van der Waals surface area contributed by atoms with Gasteiger partial charge in [0.05, 0.1) is 6.20 Å². The SMILES string of the molecule is CC(C)N1CCN(c2nc(NN)cn3ccnc23)CC1. The second-order valence-electron chi connectivity index (χ2n) is 5.37. The number of nitrogens with zero attached hydrogens (tertiary/aromatic N) is 5. The van der Waals surface area contributed by atoms with Gasteiger partial charge in [-0.2, -0.15) is 0 Å². The summed E-state index contributed by atoms with van der Waals surface area (Å²) in [7, 11) is 0. The van der Waals surface area contributed by atoms with E-state index < -0.39 is 0 Å². The highest BCUT2D eigenvalue weighted by molar-refractivity contribution is 5.66. The van der Waals surface area contributed by atoms with Crippen molar-refractivity contribution in [2.45, 2.75) is 19.9 Å². The number of hydrazine groups is 1.